The molecule has 1 aromatic heterocycles. The Morgan fingerprint density at radius 2 is 2.56 bits per heavy atom. The van der Waals surface area contributed by atoms with Gasteiger partial charge in [-0.3, -0.25) is 0 Å². The highest BCUT2D eigenvalue weighted by Gasteiger charge is 2.31. The molecule has 0 aromatic carbocycles. The van der Waals surface area contributed by atoms with Crippen molar-refractivity contribution in [3.8, 4) is 5.88 Å². The number of aliphatic hydroxyl groups is 1. The first-order valence-electron chi connectivity index (χ1n) is 5.26. The van der Waals surface area contributed by atoms with Crippen LogP contribution in [0.5, 0.6) is 5.88 Å². The van der Waals surface area contributed by atoms with Crippen molar-refractivity contribution in [3.63, 3.8) is 0 Å². The van der Waals surface area contributed by atoms with Crippen LogP contribution in [0, 0.1) is 0 Å². The van der Waals surface area contributed by atoms with Gasteiger partial charge in [0.2, 0.25) is 5.88 Å². The number of hydrogen-bond acceptors (Lipinski definition) is 5. The van der Waals surface area contributed by atoms with Crippen LogP contribution in [-0.2, 0) is 4.74 Å². The summed E-state index contributed by atoms with van der Waals surface area (Å²) in [5.41, 5.74) is 0.128. The summed E-state index contributed by atoms with van der Waals surface area (Å²) >= 11 is 0. The predicted molar refractivity (Wildman–Crippen MR) is 59.7 cm³/mol. The van der Waals surface area contributed by atoms with E-state index in [0.717, 1.165) is 5.69 Å². The molecule has 0 aliphatic carbocycles. The standard InChI is InChI=1S/C11H16N2O3/c1-15-10-6-9(2-4-12-10)13-7-11(14)3-5-16-8-11/h2,4,6,14H,3,5,7-8H2,1H3,(H,12,13). The molecule has 1 aliphatic heterocycles. The van der Waals surface area contributed by atoms with Gasteiger partial charge in [0.1, 0.15) is 5.60 Å². The number of pyridine rings is 1. The Morgan fingerprint density at radius 3 is 3.25 bits per heavy atom. The quantitative estimate of drug-likeness (QED) is 0.786. The highest BCUT2D eigenvalue weighted by Crippen LogP contribution is 2.20. The number of nitrogens with one attached hydrogen (secondary N) is 1. The Hall–Kier alpha value is -1.33. The zero-order chi connectivity index (χ0) is 11.4. The first-order chi connectivity index (χ1) is 7.72. The SMILES string of the molecule is COc1cc(NCC2(O)CCOC2)ccn1. The zero-order valence-electron chi connectivity index (χ0n) is 9.27. The third kappa shape index (κ3) is 2.62. The smallest absolute Gasteiger partial charge is 0.214 e. The number of aromatic nitrogens is 1. The predicted octanol–water partition coefficient (Wildman–Crippen LogP) is 0.653. The Kier molecular flexibility index (Phi) is 3.26. The van der Waals surface area contributed by atoms with Crippen LogP contribution in [0.1, 0.15) is 6.42 Å². The molecule has 2 N–H and O–H groups in total. The van der Waals surface area contributed by atoms with E-state index >= 15 is 0 Å². The minimum atomic E-state index is -0.753. The normalized spacial score (nSPS) is 24.4. The van der Waals surface area contributed by atoms with E-state index in [4.69, 9.17) is 9.47 Å². The van der Waals surface area contributed by atoms with E-state index in [1.54, 1.807) is 19.4 Å². The fourth-order valence-corrected chi connectivity index (χ4v) is 1.63. The van der Waals surface area contributed by atoms with E-state index < -0.39 is 5.60 Å². The minimum absolute atomic E-state index is 0.391. The Labute approximate surface area is 94.4 Å². The van der Waals surface area contributed by atoms with Crippen LogP contribution in [0.25, 0.3) is 0 Å². The van der Waals surface area contributed by atoms with Crippen molar-refractivity contribution in [1.29, 1.82) is 0 Å². The number of ether oxygens (including phenoxy) is 2. The first-order valence-corrected chi connectivity index (χ1v) is 5.26. The van der Waals surface area contributed by atoms with Crippen LogP contribution < -0.4 is 10.1 Å². The molecule has 5 heteroatoms. The molecular formula is C11H16N2O3. The fourth-order valence-electron chi connectivity index (χ4n) is 1.63. The lowest BCUT2D eigenvalue weighted by atomic mass is 10.0. The molecule has 2 rings (SSSR count). The molecule has 16 heavy (non-hydrogen) atoms. The molecule has 0 radical (unpaired) electrons. The average molecular weight is 224 g/mol. The van der Waals surface area contributed by atoms with Gasteiger partial charge in [0, 0.05) is 37.5 Å². The molecule has 0 bridgehead atoms. The number of nitrogens with zero attached hydrogens (tertiary/aromatic N) is 1. The van der Waals surface area contributed by atoms with Crippen molar-refractivity contribution in [1.82, 2.24) is 4.98 Å². The van der Waals surface area contributed by atoms with Crippen LogP contribution in [0.3, 0.4) is 0 Å². The summed E-state index contributed by atoms with van der Waals surface area (Å²) in [7, 11) is 1.57. The molecule has 1 atom stereocenters. The van der Waals surface area contributed by atoms with Gasteiger partial charge >= 0.3 is 0 Å². The van der Waals surface area contributed by atoms with Crippen molar-refractivity contribution < 1.29 is 14.6 Å². The van der Waals surface area contributed by atoms with Gasteiger partial charge in [0.25, 0.3) is 0 Å². The molecule has 2 heterocycles. The highest BCUT2D eigenvalue weighted by atomic mass is 16.5. The molecule has 1 unspecified atom stereocenters. The van der Waals surface area contributed by atoms with Crippen LogP contribution >= 0.6 is 0 Å². The van der Waals surface area contributed by atoms with Gasteiger partial charge in [-0.15, -0.1) is 0 Å². The molecule has 0 saturated carbocycles. The fraction of sp³-hybridized carbons (Fsp3) is 0.545. The second-order valence-electron chi connectivity index (χ2n) is 3.97. The number of methoxy groups -OCH3 is 1. The summed E-state index contributed by atoms with van der Waals surface area (Å²) < 4.78 is 10.2. The number of hydrogen-bond donors (Lipinski definition) is 2. The lowest BCUT2D eigenvalue weighted by Gasteiger charge is -2.21. The first kappa shape index (κ1) is 11.2. The zero-order valence-corrected chi connectivity index (χ0v) is 9.27. The van der Waals surface area contributed by atoms with Crippen LogP contribution in [0.15, 0.2) is 18.3 Å². The van der Waals surface area contributed by atoms with E-state index in [9.17, 15) is 5.11 Å². The van der Waals surface area contributed by atoms with Crippen molar-refractivity contribution in [2.45, 2.75) is 12.0 Å². The largest absolute Gasteiger partial charge is 0.481 e. The monoisotopic (exact) mass is 224 g/mol. The summed E-state index contributed by atoms with van der Waals surface area (Å²) in [4.78, 5) is 4.01. The van der Waals surface area contributed by atoms with Gasteiger partial charge in [-0.05, 0) is 6.07 Å². The molecule has 1 aliphatic rings. The molecule has 1 aromatic rings. The minimum Gasteiger partial charge on any atom is -0.481 e. The summed E-state index contributed by atoms with van der Waals surface area (Å²) in [6.45, 7) is 1.49. The molecular weight excluding hydrogens is 208 g/mol. The highest BCUT2D eigenvalue weighted by molar-refractivity contribution is 5.45. The van der Waals surface area contributed by atoms with Crippen molar-refractivity contribution in [3.05, 3.63) is 18.3 Å². The second-order valence-corrected chi connectivity index (χ2v) is 3.97. The van der Waals surface area contributed by atoms with E-state index in [0.29, 0.717) is 32.1 Å². The topological polar surface area (TPSA) is 63.6 Å². The Morgan fingerprint density at radius 1 is 1.69 bits per heavy atom. The van der Waals surface area contributed by atoms with Gasteiger partial charge < -0.3 is 19.9 Å². The van der Waals surface area contributed by atoms with E-state index in [1.807, 2.05) is 6.07 Å². The van der Waals surface area contributed by atoms with Gasteiger partial charge in [-0.1, -0.05) is 0 Å². The van der Waals surface area contributed by atoms with Crippen LogP contribution in [0.4, 0.5) is 5.69 Å². The molecule has 0 spiro atoms. The third-order valence-corrected chi connectivity index (χ3v) is 2.65. The number of rotatable bonds is 4. The third-order valence-electron chi connectivity index (χ3n) is 2.65. The van der Waals surface area contributed by atoms with Gasteiger partial charge in [0.15, 0.2) is 0 Å². The van der Waals surface area contributed by atoms with Crippen molar-refractivity contribution in [2.75, 3.05) is 32.2 Å². The molecule has 1 saturated heterocycles. The lowest BCUT2D eigenvalue weighted by Crippen LogP contribution is -2.37. The van der Waals surface area contributed by atoms with Crippen molar-refractivity contribution >= 4 is 5.69 Å². The van der Waals surface area contributed by atoms with Gasteiger partial charge in [0.05, 0.1) is 13.7 Å². The number of anilines is 1. The molecule has 5 nitrogen and oxygen atoms in total. The maximum absolute atomic E-state index is 10.0. The van der Waals surface area contributed by atoms with E-state index in [1.165, 1.54) is 0 Å². The Balaban J connectivity index is 1.93. The lowest BCUT2D eigenvalue weighted by molar-refractivity contribution is 0.0382. The molecule has 88 valence electrons. The van der Waals surface area contributed by atoms with Crippen LogP contribution in [0.2, 0.25) is 0 Å². The molecule has 0 amide bonds. The van der Waals surface area contributed by atoms with E-state index in [-0.39, 0.29) is 0 Å². The Bertz CT molecular complexity index is 351. The van der Waals surface area contributed by atoms with Gasteiger partial charge in [-0.2, -0.15) is 0 Å². The summed E-state index contributed by atoms with van der Waals surface area (Å²) in [6, 6.07) is 3.63. The summed E-state index contributed by atoms with van der Waals surface area (Å²) in [6.07, 6.45) is 2.33. The maximum atomic E-state index is 10.0. The van der Waals surface area contributed by atoms with Crippen molar-refractivity contribution in [2.24, 2.45) is 0 Å². The average Bonchev–Trinajstić information content (AvgIpc) is 2.75. The molecule has 1 fully saturated rings. The van der Waals surface area contributed by atoms with Gasteiger partial charge in [-0.25, -0.2) is 4.98 Å². The van der Waals surface area contributed by atoms with E-state index in [2.05, 4.69) is 10.3 Å². The maximum Gasteiger partial charge on any atom is 0.214 e. The second kappa shape index (κ2) is 4.67. The van der Waals surface area contributed by atoms with Crippen LogP contribution in [-0.4, -0.2) is 42.6 Å². The summed E-state index contributed by atoms with van der Waals surface area (Å²) in [5, 5.41) is 13.2. The summed E-state index contributed by atoms with van der Waals surface area (Å²) in [5.74, 6) is 0.555.